The topological polar surface area (TPSA) is 84.5 Å². The van der Waals surface area contributed by atoms with E-state index in [1.807, 2.05) is 24.3 Å². The molecule has 0 bridgehead atoms. The second kappa shape index (κ2) is 11.5. The number of anilines is 1. The van der Waals surface area contributed by atoms with Gasteiger partial charge in [-0.15, -0.1) is 0 Å². The van der Waals surface area contributed by atoms with E-state index in [9.17, 15) is 13.8 Å². The molecule has 160 valence electrons. The average molecular weight is 421 g/mol. The SMILES string of the molecule is O=C(CC1CCCCC1)NCC(=O)Nc1cccc(CS(=O)C2CCOCC2)c1. The maximum absolute atomic E-state index is 12.6. The third-order valence-corrected chi connectivity index (χ3v) is 7.54. The first-order valence-corrected chi connectivity index (χ1v) is 12.1. The van der Waals surface area contributed by atoms with Gasteiger partial charge >= 0.3 is 0 Å². The van der Waals surface area contributed by atoms with Crippen molar-refractivity contribution in [1.82, 2.24) is 5.32 Å². The van der Waals surface area contributed by atoms with Gasteiger partial charge in [0.15, 0.2) is 0 Å². The molecule has 1 saturated heterocycles. The number of carbonyl (C=O) groups excluding carboxylic acids is 2. The van der Waals surface area contributed by atoms with Crippen LogP contribution in [-0.2, 0) is 30.9 Å². The highest BCUT2D eigenvalue weighted by Gasteiger charge is 2.20. The molecule has 1 saturated carbocycles. The minimum absolute atomic E-state index is 0.0240. The molecule has 1 unspecified atom stereocenters. The molecule has 2 aliphatic rings. The standard InChI is InChI=1S/C22H32N2O4S/c25-21(14-17-5-2-1-3-6-17)23-15-22(26)24-19-8-4-7-18(13-19)16-29(27)20-9-11-28-12-10-20/h4,7-8,13,17,20H,1-3,5-6,9-12,14-16H2,(H,23,25)(H,24,26). The zero-order chi connectivity index (χ0) is 20.5. The smallest absolute Gasteiger partial charge is 0.243 e. The third kappa shape index (κ3) is 7.55. The van der Waals surface area contributed by atoms with Gasteiger partial charge in [-0.2, -0.15) is 0 Å². The fourth-order valence-corrected chi connectivity index (χ4v) is 5.53. The van der Waals surface area contributed by atoms with Gasteiger partial charge < -0.3 is 15.4 Å². The van der Waals surface area contributed by atoms with Crippen molar-refractivity contribution in [2.24, 2.45) is 5.92 Å². The van der Waals surface area contributed by atoms with Crippen LogP contribution in [0.5, 0.6) is 0 Å². The average Bonchev–Trinajstić information content (AvgIpc) is 2.74. The van der Waals surface area contributed by atoms with E-state index in [1.165, 1.54) is 19.3 Å². The summed E-state index contributed by atoms with van der Waals surface area (Å²) in [5, 5.41) is 5.73. The maximum Gasteiger partial charge on any atom is 0.243 e. The van der Waals surface area contributed by atoms with Crippen LogP contribution in [0.25, 0.3) is 0 Å². The number of nitrogens with one attached hydrogen (secondary N) is 2. The molecule has 6 nitrogen and oxygen atoms in total. The fourth-order valence-electron chi connectivity index (χ4n) is 4.07. The van der Waals surface area contributed by atoms with Crippen LogP contribution < -0.4 is 10.6 Å². The largest absolute Gasteiger partial charge is 0.381 e. The highest BCUT2D eigenvalue weighted by Crippen LogP contribution is 2.26. The van der Waals surface area contributed by atoms with Crippen LogP contribution >= 0.6 is 0 Å². The van der Waals surface area contributed by atoms with E-state index in [4.69, 9.17) is 4.74 Å². The summed E-state index contributed by atoms with van der Waals surface area (Å²) in [5.74, 6) is 0.643. The Kier molecular flexibility index (Phi) is 8.68. The molecule has 1 heterocycles. The molecule has 2 fully saturated rings. The van der Waals surface area contributed by atoms with Gasteiger partial charge in [-0.1, -0.05) is 31.4 Å². The molecule has 7 heteroatoms. The Morgan fingerprint density at radius 3 is 2.55 bits per heavy atom. The number of carbonyl (C=O) groups is 2. The second-order valence-electron chi connectivity index (χ2n) is 8.07. The molecule has 29 heavy (non-hydrogen) atoms. The van der Waals surface area contributed by atoms with E-state index in [2.05, 4.69) is 10.6 Å². The zero-order valence-electron chi connectivity index (χ0n) is 17.0. The van der Waals surface area contributed by atoms with Crippen LogP contribution in [-0.4, -0.2) is 41.0 Å². The predicted octanol–water partition coefficient (Wildman–Crippen LogP) is 3.14. The van der Waals surface area contributed by atoms with E-state index in [-0.39, 0.29) is 23.6 Å². The number of hydrogen-bond acceptors (Lipinski definition) is 4. The summed E-state index contributed by atoms with van der Waals surface area (Å²) in [6.45, 7) is 1.34. The first-order chi connectivity index (χ1) is 14.1. The number of rotatable bonds is 8. The Morgan fingerprint density at radius 2 is 1.79 bits per heavy atom. The molecule has 0 radical (unpaired) electrons. The van der Waals surface area contributed by atoms with Gasteiger partial charge in [0.25, 0.3) is 0 Å². The van der Waals surface area contributed by atoms with E-state index in [0.717, 1.165) is 31.2 Å². The van der Waals surface area contributed by atoms with E-state index < -0.39 is 10.8 Å². The zero-order valence-corrected chi connectivity index (χ0v) is 17.8. The van der Waals surface area contributed by atoms with Crippen LogP contribution in [0.1, 0.15) is 56.9 Å². The lowest BCUT2D eigenvalue weighted by molar-refractivity contribution is -0.125. The first-order valence-electron chi connectivity index (χ1n) is 10.7. The third-order valence-electron chi connectivity index (χ3n) is 5.70. The summed E-state index contributed by atoms with van der Waals surface area (Å²) in [7, 11) is -0.942. The molecule has 3 rings (SSSR count). The van der Waals surface area contributed by atoms with Gasteiger partial charge in [-0.3, -0.25) is 13.8 Å². The number of ether oxygens (including phenoxy) is 1. The van der Waals surface area contributed by atoms with Crippen molar-refractivity contribution >= 4 is 28.3 Å². The highest BCUT2D eigenvalue weighted by atomic mass is 32.2. The molecule has 0 aromatic heterocycles. The number of amides is 2. The molecule has 2 amide bonds. The Bertz CT molecular complexity index is 713. The quantitative estimate of drug-likeness (QED) is 0.677. The Morgan fingerprint density at radius 1 is 1.03 bits per heavy atom. The molecule has 1 atom stereocenters. The van der Waals surface area contributed by atoms with Crippen LogP contribution in [0.15, 0.2) is 24.3 Å². The summed E-state index contributed by atoms with van der Waals surface area (Å²) < 4.78 is 17.9. The van der Waals surface area contributed by atoms with Crippen LogP contribution in [0.2, 0.25) is 0 Å². The van der Waals surface area contributed by atoms with Crippen molar-refractivity contribution in [3.8, 4) is 0 Å². The van der Waals surface area contributed by atoms with E-state index >= 15 is 0 Å². The van der Waals surface area contributed by atoms with Crippen LogP contribution in [0, 0.1) is 5.92 Å². The van der Waals surface area contributed by atoms with Gasteiger partial charge in [0, 0.05) is 47.1 Å². The molecule has 0 spiro atoms. The summed E-state index contributed by atoms with van der Waals surface area (Å²) >= 11 is 0. The minimum Gasteiger partial charge on any atom is -0.381 e. The van der Waals surface area contributed by atoms with Gasteiger partial charge in [0.1, 0.15) is 0 Å². The summed E-state index contributed by atoms with van der Waals surface area (Å²) in [5.41, 5.74) is 1.60. The molecule has 1 aliphatic carbocycles. The van der Waals surface area contributed by atoms with Gasteiger partial charge in [-0.25, -0.2) is 0 Å². The normalized spacial score (nSPS) is 19.4. The molecule has 1 aliphatic heterocycles. The van der Waals surface area contributed by atoms with Crippen molar-refractivity contribution in [2.75, 3.05) is 25.1 Å². The highest BCUT2D eigenvalue weighted by molar-refractivity contribution is 7.84. The predicted molar refractivity (Wildman–Crippen MR) is 115 cm³/mol. The Labute approximate surface area is 175 Å². The second-order valence-corrected chi connectivity index (χ2v) is 9.79. The van der Waals surface area contributed by atoms with Crippen LogP contribution in [0.3, 0.4) is 0 Å². The van der Waals surface area contributed by atoms with Crippen molar-refractivity contribution in [3.05, 3.63) is 29.8 Å². The first kappa shape index (κ1) is 22.0. The van der Waals surface area contributed by atoms with Crippen molar-refractivity contribution in [2.45, 2.75) is 62.4 Å². The number of hydrogen-bond donors (Lipinski definition) is 2. The Balaban J connectivity index is 1.42. The Hall–Kier alpha value is -1.73. The fraction of sp³-hybridized carbons (Fsp3) is 0.636. The van der Waals surface area contributed by atoms with Crippen molar-refractivity contribution in [1.29, 1.82) is 0 Å². The maximum atomic E-state index is 12.6. The summed E-state index contributed by atoms with van der Waals surface area (Å²) in [6.07, 6.45) is 8.09. The molecule has 1 aromatic rings. The monoisotopic (exact) mass is 420 g/mol. The lowest BCUT2D eigenvalue weighted by atomic mass is 9.87. The molecular formula is C22H32N2O4S. The lowest BCUT2D eigenvalue weighted by Gasteiger charge is -2.21. The number of benzene rings is 1. The van der Waals surface area contributed by atoms with Crippen molar-refractivity contribution < 1.29 is 18.5 Å². The van der Waals surface area contributed by atoms with E-state index in [0.29, 0.717) is 37.0 Å². The van der Waals surface area contributed by atoms with Crippen LogP contribution in [0.4, 0.5) is 5.69 Å². The summed E-state index contributed by atoms with van der Waals surface area (Å²) in [4.78, 5) is 24.3. The molecular weight excluding hydrogens is 388 g/mol. The van der Waals surface area contributed by atoms with E-state index in [1.54, 1.807) is 0 Å². The molecule has 1 aromatic carbocycles. The van der Waals surface area contributed by atoms with Gasteiger partial charge in [0.05, 0.1) is 6.54 Å². The van der Waals surface area contributed by atoms with Gasteiger partial charge in [0.2, 0.25) is 11.8 Å². The summed E-state index contributed by atoms with van der Waals surface area (Å²) in [6, 6.07) is 7.45. The lowest BCUT2D eigenvalue weighted by Crippen LogP contribution is -2.34. The minimum atomic E-state index is -0.942. The van der Waals surface area contributed by atoms with Gasteiger partial charge in [-0.05, 0) is 49.3 Å². The van der Waals surface area contributed by atoms with Crippen molar-refractivity contribution in [3.63, 3.8) is 0 Å². The molecule has 2 N–H and O–H groups in total.